The first-order valence-electron chi connectivity index (χ1n) is 11.1. The van der Waals surface area contributed by atoms with Gasteiger partial charge in [-0.3, -0.25) is 9.59 Å². The monoisotopic (exact) mass is 507 g/mol. The lowest BCUT2D eigenvalue weighted by molar-refractivity contribution is -0.142. The quantitative estimate of drug-likeness (QED) is 0.556. The minimum absolute atomic E-state index is 0.107. The van der Waals surface area contributed by atoms with Gasteiger partial charge in [0, 0.05) is 24.2 Å². The molecule has 0 aliphatic rings. The SMILES string of the molecule is CCC(C(=O)NC(C)(C)C)N(Cc1ccc(Cl)cc1)C(=O)CN(C)S(=O)(=O)c1ccc(C)cc1. The zero-order chi connectivity index (χ0) is 25.7. The lowest BCUT2D eigenvalue weighted by Crippen LogP contribution is -2.55. The Balaban J connectivity index is 2.34. The van der Waals surface area contributed by atoms with Crippen LogP contribution in [0, 0.1) is 6.92 Å². The van der Waals surface area contributed by atoms with Crippen LogP contribution in [-0.4, -0.2) is 54.6 Å². The molecule has 7 nitrogen and oxygen atoms in total. The third kappa shape index (κ3) is 7.55. The molecule has 1 unspecified atom stereocenters. The molecule has 186 valence electrons. The third-order valence-electron chi connectivity index (χ3n) is 5.24. The average Bonchev–Trinajstić information content (AvgIpc) is 2.74. The minimum atomic E-state index is -3.88. The van der Waals surface area contributed by atoms with Crippen LogP contribution in [0.2, 0.25) is 5.02 Å². The summed E-state index contributed by atoms with van der Waals surface area (Å²) in [5.74, 6) is -0.759. The van der Waals surface area contributed by atoms with E-state index in [1.807, 2.05) is 34.6 Å². The summed E-state index contributed by atoms with van der Waals surface area (Å²) in [7, 11) is -2.51. The summed E-state index contributed by atoms with van der Waals surface area (Å²) in [4.78, 5) is 28.0. The molecule has 0 spiro atoms. The standard InChI is InChI=1S/C25H34ClN3O4S/c1-7-22(24(31)27-25(3,4)5)29(16-19-10-12-20(26)13-11-19)23(30)17-28(6)34(32,33)21-14-8-18(2)9-15-21/h8-15,22H,7,16-17H2,1-6H3,(H,27,31). The fourth-order valence-electron chi connectivity index (χ4n) is 3.42. The molecule has 1 N–H and O–H groups in total. The van der Waals surface area contributed by atoms with Crippen LogP contribution in [0.4, 0.5) is 0 Å². The summed E-state index contributed by atoms with van der Waals surface area (Å²) in [6, 6.07) is 12.7. The zero-order valence-electron chi connectivity index (χ0n) is 20.6. The van der Waals surface area contributed by atoms with E-state index in [2.05, 4.69) is 5.32 Å². The topological polar surface area (TPSA) is 86.8 Å². The Labute approximate surface area is 208 Å². The maximum absolute atomic E-state index is 13.4. The molecule has 0 aliphatic heterocycles. The van der Waals surface area contributed by atoms with Crippen molar-refractivity contribution in [1.29, 1.82) is 0 Å². The van der Waals surface area contributed by atoms with Gasteiger partial charge in [-0.05, 0) is 63.9 Å². The fourth-order valence-corrected chi connectivity index (χ4v) is 4.66. The molecule has 0 heterocycles. The largest absolute Gasteiger partial charge is 0.350 e. The van der Waals surface area contributed by atoms with E-state index in [4.69, 9.17) is 11.6 Å². The lowest BCUT2D eigenvalue weighted by Gasteiger charge is -2.34. The van der Waals surface area contributed by atoms with E-state index in [0.29, 0.717) is 11.4 Å². The molecule has 0 radical (unpaired) electrons. The summed E-state index contributed by atoms with van der Waals surface area (Å²) in [5.41, 5.74) is 1.23. The van der Waals surface area contributed by atoms with Gasteiger partial charge in [0.05, 0.1) is 11.4 Å². The van der Waals surface area contributed by atoms with Crippen molar-refractivity contribution >= 4 is 33.4 Å². The summed E-state index contributed by atoms with van der Waals surface area (Å²) in [6.07, 6.45) is 0.371. The number of hydrogen-bond acceptors (Lipinski definition) is 4. The molecule has 0 saturated carbocycles. The summed E-state index contributed by atoms with van der Waals surface area (Å²) in [5, 5.41) is 3.49. The van der Waals surface area contributed by atoms with Crippen molar-refractivity contribution in [1.82, 2.24) is 14.5 Å². The molecule has 2 aromatic carbocycles. The number of halogens is 1. The fraction of sp³-hybridized carbons (Fsp3) is 0.440. The molecular weight excluding hydrogens is 474 g/mol. The van der Waals surface area contributed by atoms with E-state index in [1.165, 1.54) is 24.1 Å². The number of nitrogens with zero attached hydrogens (tertiary/aromatic N) is 2. The van der Waals surface area contributed by atoms with Crippen molar-refractivity contribution in [2.45, 2.75) is 64.1 Å². The van der Waals surface area contributed by atoms with Gasteiger partial charge < -0.3 is 10.2 Å². The van der Waals surface area contributed by atoms with Crippen molar-refractivity contribution in [3.63, 3.8) is 0 Å². The Hall–Kier alpha value is -2.42. The maximum Gasteiger partial charge on any atom is 0.243 e. The number of rotatable bonds is 9. The Bertz CT molecular complexity index is 1090. The summed E-state index contributed by atoms with van der Waals surface area (Å²) in [6.45, 7) is 9.03. The number of sulfonamides is 1. The number of carbonyl (C=O) groups excluding carboxylic acids is 2. The molecule has 2 rings (SSSR count). The van der Waals surface area contributed by atoms with E-state index in [-0.39, 0.29) is 17.3 Å². The second-order valence-corrected chi connectivity index (χ2v) is 11.9. The van der Waals surface area contributed by atoms with Gasteiger partial charge in [0.25, 0.3) is 0 Å². The van der Waals surface area contributed by atoms with Crippen LogP contribution in [0.15, 0.2) is 53.4 Å². The smallest absolute Gasteiger partial charge is 0.243 e. The molecular formula is C25H34ClN3O4S. The molecule has 2 amide bonds. The van der Waals surface area contributed by atoms with E-state index < -0.39 is 34.1 Å². The normalized spacial score (nSPS) is 12.9. The van der Waals surface area contributed by atoms with Crippen LogP contribution in [0.1, 0.15) is 45.2 Å². The number of amides is 2. The zero-order valence-corrected chi connectivity index (χ0v) is 22.2. The molecule has 0 fully saturated rings. The molecule has 0 bridgehead atoms. The number of hydrogen-bond donors (Lipinski definition) is 1. The number of aryl methyl sites for hydroxylation is 1. The highest BCUT2D eigenvalue weighted by Crippen LogP contribution is 2.19. The highest BCUT2D eigenvalue weighted by atomic mass is 35.5. The molecule has 2 aromatic rings. The highest BCUT2D eigenvalue weighted by Gasteiger charge is 2.33. The van der Waals surface area contributed by atoms with E-state index >= 15 is 0 Å². The first-order valence-corrected chi connectivity index (χ1v) is 13.0. The van der Waals surface area contributed by atoms with Crippen LogP contribution in [-0.2, 0) is 26.2 Å². The van der Waals surface area contributed by atoms with Gasteiger partial charge in [0.1, 0.15) is 6.04 Å². The third-order valence-corrected chi connectivity index (χ3v) is 7.31. The summed E-state index contributed by atoms with van der Waals surface area (Å²) < 4.78 is 27.1. The van der Waals surface area contributed by atoms with Gasteiger partial charge >= 0.3 is 0 Å². The van der Waals surface area contributed by atoms with E-state index in [9.17, 15) is 18.0 Å². The Morgan fingerprint density at radius 2 is 1.59 bits per heavy atom. The Morgan fingerprint density at radius 1 is 1.03 bits per heavy atom. The van der Waals surface area contributed by atoms with E-state index in [0.717, 1.165) is 15.4 Å². The number of nitrogens with one attached hydrogen (secondary N) is 1. The Kier molecular flexibility index (Phi) is 9.28. The van der Waals surface area contributed by atoms with Crippen LogP contribution >= 0.6 is 11.6 Å². The predicted molar refractivity (Wildman–Crippen MR) is 135 cm³/mol. The van der Waals surface area contributed by atoms with E-state index in [1.54, 1.807) is 36.4 Å². The van der Waals surface area contributed by atoms with Gasteiger partial charge in [0.15, 0.2) is 0 Å². The van der Waals surface area contributed by atoms with Crippen molar-refractivity contribution in [2.24, 2.45) is 0 Å². The van der Waals surface area contributed by atoms with Crippen molar-refractivity contribution in [3.8, 4) is 0 Å². The first-order chi connectivity index (χ1) is 15.7. The van der Waals surface area contributed by atoms with Crippen molar-refractivity contribution < 1.29 is 18.0 Å². The van der Waals surface area contributed by atoms with Crippen LogP contribution in [0.3, 0.4) is 0 Å². The average molecular weight is 508 g/mol. The van der Waals surface area contributed by atoms with Gasteiger partial charge in [-0.25, -0.2) is 8.42 Å². The van der Waals surface area contributed by atoms with Gasteiger partial charge in [0.2, 0.25) is 21.8 Å². The van der Waals surface area contributed by atoms with Crippen LogP contribution in [0.5, 0.6) is 0 Å². The van der Waals surface area contributed by atoms with Crippen LogP contribution in [0.25, 0.3) is 0 Å². The minimum Gasteiger partial charge on any atom is -0.350 e. The second kappa shape index (κ2) is 11.3. The second-order valence-electron chi connectivity index (χ2n) is 9.39. The Morgan fingerprint density at radius 3 is 2.09 bits per heavy atom. The molecule has 34 heavy (non-hydrogen) atoms. The lowest BCUT2D eigenvalue weighted by atomic mass is 10.1. The molecule has 0 aliphatic carbocycles. The molecule has 0 saturated heterocycles. The van der Waals surface area contributed by atoms with Crippen LogP contribution < -0.4 is 5.32 Å². The van der Waals surface area contributed by atoms with Crippen molar-refractivity contribution in [2.75, 3.05) is 13.6 Å². The number of likely N-dealkylation sites (N-methyl/N-ethyl adjacent to an activating group) is 1. The van der Waals surface area contributed by atoms with Gasteiger partial charge in [-0.2, -0.15) is 4.31 Å². The number of carbonyl (C=O) groups is 2. The summed E-state index contributed by atoms with van der Waals surface area (Å²) >= 11 is 5.99. The highest BCUT2D eigenvalue weighted by molar-refractivity contribution is 7.89. The maximum atomic E-state index is 13.4. The number of benzene rings is 2. The van der Waals surface area contributed by atoms with Crippen molar-refractivity contribution in [3.05, 3.63) is 64.7 Å². The molecule has 1 atom stereocenters. The predicted octanol–water partition coefficient (Wildman–Crippen LogP) is 3.99. The first kappa shape index (κ1) is 27.8. The molecule has 9 heteroatoms. The van der Waals surface area contributed by atoms with Gasteiger partial charge in [-0.1, -0.05) is 48.4 Å². The molecule has 0 aromatic heterocycles. The van der Waals surface area contributed by atoms with Gasteiger partial charge in [-0.15, -0.1) is 0 Å².